The Hall–Kier alpha value is -2.32. The van der Waals surface area contributed by atoms with Crippen LogP contribution >= 0.6 is 0 Å². The number of fused-ring (bicyclic) bond motifs is 1. The van der Waals surface area contributed by atoms with Crippen LogP contribution in [0.1, 0.15) is 18.5 Å². The highest BCUT2D eigenvalue weighted by Gasteiger charge is 2.24. The normalized spacial score (nSPS) is 14.8. The number of rotatable bonds is 5. The van der Waals surface area contributed by atoms with Crippen molar-refractivity contribution in [1.82, 2.24) is 4.72 Å². The second-order valence-corrected chi connectivity index (χ2v) is 7.22. The van der Waals surface area contributed by atoms with E-state index in [2.05, 4.69) is 4.72 Å². The molecule has 0 amide bonds. The number of benzene rings is 2. The van der Waals surface area contributed by atoms with Crippen LogP contribution in [0.25, 0.3) is 0 Å². The van der Waals surface area contributed by atoms with Crippen molar-refractivity contribution in [3.8, 4) is 17.2 Å². The van der Waals surface area contributed by atoms with Crippen molar-refractivity contribution in [2.45, 2.75) is 17.9 Å². The molecule has 1 N–H and O–H groups in total. The molecule has 6 nitrogen and oxygen atoms in total. The van der Waals surface area contributed by atoms with Crippen LogP contribution in [0.15, 0.2) is 41.3 Å². The average molecular weight is 367 g/mol. The molecule has 0 aromatic heterocycles. The molecule has 0 bridgehead atoms. The molecule has 3 rings (SSSR count). The first kappa shape index (κ1) is 17.5. The molecule has 25 heavy (non-hydrogen) atoms. The molecule has 0 spiro atoms. The fourth-order valence-corrected chi connectivity index (χ4v) is 3.97. The Labute approximate surface area is 145 Å². The summed E-state index contributed by atoms with van der Waals surface area (Å²) in [5.41, 5.74) is 0.697. The molecule has 8 heteroatoms. The van der Waals surface area contributed by atoms with E-state index < -0.39 is 21.9 Å². The van der Waals surface area contributed by atoms with Gasteiger partial charge in [0.2, 0.25) is 10.0 Å². The zero-order valence-corrected chi connectivity index (χ0v) is 14.6. The van der Waals surface area contributed by atoms with E-state index in [4.69, 9.17) is 14.2 Å². The van der Waals surface area contributed by atoms with Crippen LogP contribution in [0.5, 0.6) is 17.2 Å². The predicted molar refractivity (Wildman–Crippen MR) is 89.1 cm³/mol. The molecule has 2 aromatic carbocycles. The number of halogens is 1. The summed E-state index contributed by atoms with van der Waals surface area (Å²) in [4.78, 5) is -0.251. The van der Waals surface area contributed by atoms with Crippen molar-refractivity contribution in [3.63, 3.8) is 0 Å². The van der Waals surface area contributed by atoms with Gasteiger partial charge < -0.3 is 14.2 Å². The first-order valence-electron chi connectivity index (χ1n) is 7.66. The van der Waals surface area contributed by atoms with Crippen LogP contribution in [0, 0.1) is 5.82 Å². The number of ether oxygens (including phenoxy) is 3. The Kier molecular flexibility index (Phi) is 4.82. The van der Waals surface area contributed by atoms with Crippen molar-refractivity contribution >= 4 is 10.0 Å². The SMILES string of the molecule is COc1ccc(F)cc1S(=O)(=O)N[C@@H](C)c1ccc2c(c1)OCCO2. The molecule has 2 aromatic rings. The Bertz CT molecular complexity index is 885. The molecule has 1 aliphatic rings. The summed E-state index contributed by atoms with van der Waals surface area (Å²) < 4.78 is 57.2. The van der Waals surface area contributed by atoms with Gasteiger partial charge >= 0.3 is 0 Å². The van der Waals surface area contributed by atoms with E-state index in [0.29, 0.717) is 30.3 Å². The van der Waals surface area contributed by atoms with Crippen LogP contribution in [-0.4, -0.2) is 28.7 Å². The highest BCUT2D eigenvalue weighted by atomic mass is 32.2. The van der Waals surface area contributed by atoms with Crippen molar-refractivity contribution in [2.24, 2.45) is 0 Å². The van der Waals surface area contributed by atoms with E-state index in [9.17, 15) is 12.8 Å². The highest BCUT2D eigenvalue weighted by molar-refractivity contribution is 7.89. The van der Waals surface area contributed by atoms with E-state index in [1.54, 1.807) is 25.1 Å². The largest absolute Gasteiger partial charge is 0.495 e. The van der Waals surface area contributed by atoms with Crippen LogP contribution in [0.3, 0.4) is 0 Å². The summed E-state index contributed by atoms with van der Waals surface area (Å²) in [6, 6.07) is 8.00. The quantitative estimate of drug-likeness (QED) is 0.879. The van der Waals surface area contributed by atoms with Gasteiger partial charge in [0.25, 0.3) is 0 Å². The Morgan fingerprint density at radius 3 is 2.56 bits per heavy atom. The second kappa shape index (κ2) is 6.89. The van der Waals surface area contributed by atoms with Gasteiger partial charge in [-0.2, -0.15) is 0 Å². The molecule has 1 atom stereocenters. The summed E-state index contributed by atoms with van der Waals surface area (Å²) >= 11 is 0. The topological polar surface area (TPSA) is 73.9 Å². The van der Waals surface area contributed by atoms with Gasteiger partial charge in [0.15, 0.2) is 11.5 Å². The first-order chi connectivity index (χ1) is 11.9. The Balaban J connectivity index is 1.87. The van der Waals surface area contributed by atoms with Crippen molar-refractivity contribution in [1.29, 1.82) is 0 Å². The summed E-state index contributed by atoms with van der Waals surface area (Å²) in [5, 5.41) is 0. The van der Waals surface area contributed by atoms with E-state index >= 15 is 0 Å². The molecule has 1 aliphatic heterocycles. The van der Waals surface area contributed by atoms with E-state index in [1.165, 1.54) is 13.2 Å². The first-order valence-corrected chi connectivity index (χ1v) is 9.14. The summed E-state index contributed by atoms with van der Waals surface area (Å²) in [6.45, 7) is 2.61. The molecule has 0 unspecified atom stereocenters. The van der Waals surface area contributed by atoms with Crippen molar-refractivity contribution in [2.75, 3.05) is 20.3 Å². The van der Waals surface area contributed by atoms with Gasteiger partial charge in [-0.1, -0.05) is 6.07 Å². The van der Waals surface area contributed by atoms with Crippen LogP contribution < -0.4 is 18.9 Å². The lowest BCUT2D eigenvalue weighted by Gasteiger charge is -2.21. The van der Waals surface area contributed by atoms with Crippen molar-refractivity contribution in [3.05, 3.63) is 47.8 Å². The maximum Gasteiger partial charge on any atom is 0.244 e. The Morgan fingerprint density at radius 1 is 1.12 bits per heavy atom. The maximum atomic E-state index is 13.5. The van der Waals surface area contributed by atoms with Gasteiger partial charge in [-0.05, 0) is 42.8 Å². The minimum absolute atomic E-state index is 0.0725. The molecule has 0 aliphatic carbocycles. The van der Waals surface area contributed by atoms with E-state index in [1.807, 2.05) is 0 Å². The molecule has 1 heterocycles. The van der Waals surface area contributed by atoms with Gasteiger partial charge in [-0.3, -0.25) is 0 Å². The summed E-state index contributed by atoms with van der Waals surface area (Å²) in [5.74, 6) is 0.603. The third kappa shape index (κ3) is 3.69. The predicted octanol–water partition coefficient (Wildman–Crippen LogP) is 2.65. The Morgan fingerprint density at radius 2 is 1.84 bits per heavy atom. The third-order valence-electron chi connectivity index (χ3n) is 3.81. The standard InChI is InChI=1S/C17H18FNO5S/c1-11(12-3-5-14-16(9-12)24-8-7-23-14)19-25(20,21)17-10-13(18)4-6-15(17)22-2/h3-6,9-11,19H,7-8H2,1-2H3/t11-/m0/s1. The van der Waals surface area contributed by atoms with Gasteiger partial charge in [0.05, 0.1) is 7.11 Å². The fourth-order valence-electron chi connectivity index (χ4n) is 2.55. The number of methoxy groups -OCH3 is 1. The molecule has 0 radical (unpaired) electrons. The lowest BCUT2D eigenvalue weighted by atomic mass is 10.1. The lowest BCUT2D eigenvalue weighted by molar-refractivity contribution is 0.171. The van der Waals surface area contributed by atoms with Crippen LogP contribution in [-0.2, 0) is 10.0 Å². The van der Waals surface area contributed by atoms with Crippen molar-refractivity contribution < 1.29 is 27.0 Å². The molecular weight excluding hydrogens is 349 g/mol. The highest BCUT2D eigenvalue weighted by Crippen LogP contribution is 2.33. The van der Waals surface area contributed by atoms with Crippen LogP contribution in [0.2, 0.25) is 0 Å². The summed E-state index contributed by atoms with van der Waals surface area (Å²) in [7, 11) is -2.65. The van der Waals surface area contributed by atoms with E-state index in [-0.39, 0.29) is 10.6 Å². The monoisotopic (exact) mass is 367 g/mol. The molecule has 134 valence electrons. The minimum Gasteiger partial charge on any atom is -0.495 e. The van der Waals surface area contributed by atoms with Gasteiger partial charge in [0.1, 0.15) is 29.7 Å². The zero-order valence-electron chi connectivity index (χ0n) is 13.8. The number of hydrogen-bond donors (Lipinski definition) is 1. The minimum atomic E-state index is -3.98. The molecule has 0 saturated heterocycles. The lowest BCUT2D eigenvalue weighted by Crippen LogP contribution is -2.27. The van der Waals surface area contributed by atoms with Gasteiger partial charge in [0, 0.05) is 6.04 Å². The van der Waals surface area contributed by atoms with E-state index in [0.717, 1.165) is 12.1 Å². The molecule has 0 saturated carbocycles. The third-order valence-corrected chi connectivity index (χ3v) is 5.38. The second-order valence-electron chi connectivity index (χ2n) is 5.54. The fraction of sp³-hybridized carbons (Fsp3) is 0.294. The smallest absolute Gasteiger partial charge is 0.244 e. The van der Waals surface area contributed by atoms with Gasteiger partial charge in [-0.25, -0.2) is 17.5 Å². The van der Waals surface area contributed by atoms with Crippen LogP contribution in [0.4, 0.5) is 4.39 Å². The molecular formula is C17H18FNO5S. The van der Waals surface area contributed by atoms with Gasteiger partial charge in [-0.15, -0.1) is 0 Å². The summed E-state index contributed by atoms with van der Waals surface area (Å²) in [6.07, 6.45) is 0. The average Bonchev–Trinajstić information content (AvgIpc) is 2.61. The number of hydrogen-bond acceptors (Lipinski definition) is 5. The molecule has 0 fully saturated rings. The number of nitrogens with one attached hydrogen (secondary N) is 1. The maximum absolute atomic E-state index is 13.5. The zero-order chi connectivity index (χ0) is 18.0. The number of sulfonamides is 1.